The number of rotatable bonds is 3. The summed E-state index contributed by atoms with van der Waals surface area (Å²) in [5.74, 6) is -0.295. The Morgan fingerprint density at radius 3 is 2.74 bits per heavy atom. The van der Waals surface area contributed by atoms with Gasteiger partial charge in [-0.05, 0) is 25.0 Å². The van der Waals surface area contributed by atoms with Crippen molar-refractivity contribution in [1.29, 1.82) is 0 Å². The number of hydrogen-bond donors (Lipinski definition) is 2. The first kappa shape index (κ1) is 11.7. The van der Waals surface area contributed by atoms with Crippen molar-refractivity contribution in [1.82, 2.24) is 4.98 Å². The van der Waals surface area contributed by atoms with E-state index >= 15 is 0 Å². The zero-order valence-corrected chi connectivity index (χ0v) is 10.3. The molecule has 2 aromatic rings. The van der Waals surface area contributed by atoms with Crippen LogP contribution in [0.2, 0.25) is 0 Å². The average Bonchev–Trinajstić information content (AvgIpc) is 2.90. The Hall–Kier alpha value is -2.36. The molecule has 0 saturated heterocycles. The summed E-state index contributed by atoms with van der Waals surface area (Å²) < 4.78 is 0. The van der Waals surface area contributed by atoms with Gasteiger partial charge in [-0.3, -0.25) is 0 Å². The zero-order valence-electron chi connectivity index (χ0n) is 10.3. The first-order valence-electron chi connectivity index (χ1n) is 6.28. The lowest BCUT2D eigenvalue weighted by molar-refractivity contribution is 0.0699. The van der Waals surface area contributed by atoms with E-state index in [1.54, 1.807) is 12.1 Å². The molecule has 0 spiro atoms. The topological polar surface area (TPSA) is 62.2 Å². The summed E-state index contributed by atoms with van der Waals surface area (Å²) in [4.78, 5) is 15.8. The van der Waals surface area contributed by atoms with Gasteiger partial charge in [0.2, 0.25) is 0 Å². The Labute approximate surface area is 110 Å². The molecule has 0 bridgehead atoms. The van der Waals surface area contributed by atoms with Crippen molar-refractivity contribution in [2.45, 2.75) is 18.9 Å². The number of hydrogen-bond acceptors (Lipinski definition) is 3. The second-order valence-electron chi connectivity index (χ2n) is 4.66. The SMILES string of the molecule is O=C(O)c1cc(NC2CC=CC2)nc2ccccc12. The van der Waals surface area contributed by atoms with Crippen LogP contribution in [0.4, 0.5) is 5.82 Å². The first-order chi connectivity index (χ1) is 9.24. The number of aromatic nitrogens is 1. The molecule has 1 aliphatic carbocycles. The number of carboxylic acid groups (broad SMARTS) is 1. The van der Waals surface area contributed by atoms with Crippen molar-refractivity contribution in [2.24, 2.45) is 0 Å². The van der Waals surface area contributed by atoms with Gasteiger partial charge in [0, 0.05) is 11.4 Å². The molecular formula is C15H14N2O2. The maximum absolute atomic E-state index is 11.3. The van der Waals surface area contributed by atoms with Gasteiger partial charge in [-0.15, -0.1) is 0 Å². The van der Waals surface area contributed by atoms with Crippen molar-refractivity contribution in [2.75, 3.05) is 5.32 Å². The molecule has 0 amide bonds. The van der Waals surface area contributed by atoms with Crippen LogP contribution in [0.25, 0.3) is 10.9 Å². The van der Waals surface area contributed by atoms with Crippen LogP contribution in [0.3, 0.4) is 0 Å². The third-order valence-corrected chi connectivity index (χ3v) is 3.31. The Morgan fingerprint density at radius 2 is 2.00 bits per heavy atom. The fourth-order valence-electron chi connectivity index (χ4n) is 2.37. The Balaban J connectivity index is 2.03. The van der Waals surface area contributed by atoms with E-state index in [2.05, 4.69) is 22.5 Å². The van der Waals surface area contributed by atoms with Crippen LogP contribution in [0.5, 0.6) is 0 Å². The lowest BCUT2D eigenvalue weighted by Crippen LogP contribution is -2.16. The highest BCUT2D eigenvalue weighted by atomic mass is 16.4. The van der Waals surface area contributed by atoms with Crippen LogP contribution in [-0.2, 0) is 0 Å². The summed E-state index contributed by atoms with van der Waals surface area (Å²) in [5.41, 5.74) is 0.995. The van der Waals surface area contributed by atoms with Crippen LogP contribution in [-0.4, -0.2) is 22.1 Å². The molecule has 96 valence electrons. The monoisotopic (exact) mass is 254 g/mol. The van der Waals surface area contributed by atoms with Gasteiger partial charge in [-0.1, -0.05) is 30.4 Å². The van der Waals surface area contributed by atoms with Crippen molar-refractivity contribution < 1.29 is 9.90 Å². The number of carbonyl (C=O) groups is 1. The summed E-state index contributed by atoms with van der Waals surface area (Å²) in [6.45, 7) is 0. The van der Waals surface area contributed by atoms with E-state index in [4.69, 9.17) is 0 Å². The third-order valence-electron chi connectivity index (χ3n) is 3.31. The fraction of sp³-hybridized carbons (Fsp3) is 0.200. The third kappa shape index (κ3) is 2.29. The summed E-state index contributed by atoms with van der Waals surface area (Å²) in [6, 6.07) is 9.23. The Bertz CT molecular complexity index is 656. The molecule has 0 fully saturated rings. The number of aromatic carboxylic acids is 1. The number of anilines is 1. The summed E-state index contributed by atoms with van der Waals surface area (Å²) in [6.07, 6.45) is 6.15. The summed E-state index contributed by atoms with van der Waals surface area (Å²) in [5, 5.41) is 13.3. The van der Waals surface area contributed by atoms with Crippen LogP contribution >= 0.6 is 0 Å². The van der Waals surface area contributed by atoms with Crippen molar-refractivity contribution >= 4 is 22.7 Å². The predicted octanol–water partition coefficient (Wildman–Crippen LogP) is 3.06. The molecule has 2 N–H and O–H groups in total. The number of nitrogens with zero attached hydrogens (tertiary/aromatic N) is 1. The molecular weight excluding hydrogens is 240 g/mol. The molecule has 0 saturated carbocycles. The highest BCUT2D eigenvalue weighted by Gasteiger charge is 2.14. The smallest absolute Gasteiger partial charge is 0.336 e. The van der Waals surface area contributed by atoms with E-state index < -0.39 is 5.97 Å². The lowest BCUT2D eigenvalue weighted by Gasteiger charge is -2.14. The number of carboxylic acids is 1. The van der Waals surface area contributed by atoms with E-state index in [0.717, 1.165) is 12.8 Å². The van der Waals surface area contributed by atoms with Gasteiger partial charge >= 0.3 is 5.97 Å². The largest absolute Gasteiger partial charge is 0.478 e. The van der Waals surface area contributed by atoms with Crippen LogP contribution < -0.4 is 5.32 Å². The quantitative estimate of drug-likeness (QED) is 0.826. The fourth-order valence-corrected chi connectivity index (χ4v) is 2.37. The molecule has 1 aromatic carbocycles. The van der Waals surface area contributed by atoms with Gasteiger partial charge in [0.05, 0.1) is 11.1 Å². The minimum Gasteiger partial charge on any atom is -0.478 e. The van der Waals surface area contributed by atoms with Gasteiger partial charge in [0.15, 0.2) is 0 Å². The molecule has 4 nitrogen and oxygen atoms in total. The standard InChI is InChI=1S/C15H14N2O2/c18-15(19)12-9-14(16-10-5-1-2-6-10)17-13-8-4-3-7-11(12)13/h1-4,7-10H,5-6H2,(H,16,17)(H,18,19). The zero-order chi connectivity index (χ0) is 13.2. The maximum atomic E-state index is 11.3. The molecule has 0 radical (unpaired) electrons. The van der Waals surface area contributed by atoms with Crippen LogP contribution in [0.15, 0.2) is 42.5 Å². The molecule has 1 aliphatic rings. The van der Waals surface area contributed by atoms with E-state index in [1.807, 2.05) is 18.2 Å². The lowest BCUT2D eigenvalue weighted by atomic mass is 10.1. The summed E-state index contributed by atoms with van der Waals surface area (Å²) in [7, 11) is 0. The minimum atomic E-state index is -0.925. The van der Waals surface area contributed by atoms with E-state index in [-0.39, 0.29) is 0 Å². The van der Waals surface area contributed by atoms with Crippen LogP contribution in [0, 0.1) is 0 Å². The normalized spacial score (nSPS) is 14.9. The average molecular weight is 254 g/mol. The summed E-state index contributed by atoms with van der Waals surface area (Å²) >= 11 is 0. The number of benzene rings is 1. The molecule has 4 heteroatoms. The van der Waals surface area contributed by atoms with Gasteiger partial charge in [-0.25, -0.2) is 9.78 Å². The highest BCUT2D eigenvalue weighted by molar-refractivity contribution is 6.03. The molecule has 0 aliphatic heterocycles. The number of pyridine rings is 1. The van der Waals surface area contributed by atoms with Gasteiger partial charge in [-0.2, -0.15) is 0 Å². The van der Waals surface area contributed by atoms with Crippen molar-refractivity contribution in [3.8, 4) is 0 Å². The van der Waals surface area contributed by atoms with Gasteiger partial charge in [0.25, 0.3) is 0 Å². The van der Waals surface area contributed by atoms with E-state index in [9.17, 15) is 9.90 Å². The minimum absolute atomic E-state index is 0.291. The van der Waals surface area contributed by atoms with Gasteiger partial charge < -0.3 is 10.4 Å². The van der Waals surface area contributed by atoms with Crippen molar-refractivity contribution in [3.63, 3.8) is 0 Å². The molecule has 19 heavy (non-hydrogen) atoms. The molecule has 0 unspecified atom stereocenters. The molecule has 1 aromatic heterocycles. The second kappa shape index (κ2) is 4.72. The first-order valence-corrected chi connectivity index (χ1v) is 6.28. The molecule has 0 atom stereocenters. The molecule has 3 rings (SSSR count). The number of fused-ring (bicyclic) bond motifs is 1. The number of nitrogens with one attached hydrogen (secondary N) is 1. The predicted molar refractivity (Wildman–Crippen MR) is 74.5 cm³/mol. The van der Waals surface area contributed by atoms with Crippen LogP contribution in [0.1, 0.15) is 23.2 Å². The van der Waals surface area contributed by atoms with E-state index in [0.29, 0.717) is 28.3 Å². The maximum Gasteiger partial charge on any atom is 0.336 e. The highest BCUT2D eigenvalue weighted by Crippen LogP contribution is 2.23. The second-order valence-corrected chi connectivity index (χ2v) is 4.66. The van der Waals surface area contributed by atoms with Gasteiger partial charge in [0.1, 0.15) is 5.82 Å². The van der Waals surface area contributed by atoms with Crippen molar-refractivity contribution in [3.05, 3.63) is 48.0 Å². The number of para-hydroxylation sites is 1. The van der Waals surface area contributed by atoms with E-state index in [1.165, 1.54) is 0 Å². The Morgan fingerprint density at radius 1 is 1.26 bits per heavy atom. The Kier molecular flexibility index (Phi) is 2.91. The molecule has 1 heterocycles.